The Labute approximate surface area is 167 Å². The van der Waals surface area contributed by atoms with Gasteiger partial charge >= 0.3 is 0 Å². The highest BCUT2D eigenvalue weighted by Gasteiger charge is 2.33. The molecule has 0 saturated carbocycles. The van der Waals surface area contributed by atoms with Crippen LogP contribution in [0.4, 0.5) is 0 Å². The van der Waals surface area contributed by atoms with Gasteiger partial charge in [-0.1, -0.05) is 47.5 Å². The number of carbonyl (C=O) groups is 2. The normalized spacial score (nSPS) is 14.1. The molecule has 0 aliphatic rings. The van der Waals surface area contributed by atoms with Gasteiger partial charge in [0.1, 0.15) is 11.3 Å². The highest BCUT2D eigenvalue weighted by atomic mass is 16.5. The standard InChI is InChI=1S/C23H33NO4/c1-7-8-9-15(22(24)26)12-14(2)19-17-13-16(27-6)10-11-18(17)28-20(19)21(25)23(3,4)5/h10-11,13-15H,7-9,12H2,1-6H3,(H2,24,26). The lowest BCUT2D eigenvalue weighted by molar-refractivity contribution is -0.122. The van der Waals surface area contributed by atoms with Gasteiger partial charge in [-0.2, -0.15) is 0 Å². The summed E-state index contributed by atoms with van der Waals surface area (Å²) in [6.45, 7) is 9.77. The summed E-state index contributed by atoms with van der Waals surface area (Å²) in [6.07, 6.45) is 3.31. The summed E-state index contributed by atoms with van der Waals surface area (Å²) in [6, 6.07) is 5.54. The van der Waals surface area contributed by atoms with Crippen molar-refractivity contribution >= 4 is 22.7 Å². The number of Topliss-reactive ketones (excluding diaryl/α,β-unsaturated/α-hetero) is 1. The molecule has 0 aliphatic heterocycles. The Kier molecular flexibility index (Phi) is 6.91. The first-order valence-corrected chi connectivity index (χ1v) is 10.0. The monoisotopic (exact) mass is 387 g/mol. The highest BCUT2D eigenvalue weighted by molar-refractivity contribution is 6.03. The molecule has 0 spiro atoms. The SMILES string of the molecule is CCCCC(CC(C)c1c(C(=O)C(C)(C)C)oc2ccc(OC)cc12)C(N)=O. The Morgan fingerprint density at radius 2 is 1.93 bits per heavy atom. The third-order valence-electron chi connectivity index (χ3n) is 5.26. The van der Waals surface area contributed by atoms with Crippen LogP contribution in [0.15, 0.2) is 22.6 Å². The number of methoxy groups -OCH3 is 1. The third-order valence-corrected chi connectivity index (χ3v) is 5.26. The topological polar surface area (TPSA) is 82.5 Å². The largest absolute Gasteiger partial charge is 0.497 e. The second kappa shape index (κ2) is 8.80. The number of carbonyl (C=O) groups excluding carboxylic acids is 2. The zero-order chi connectivity index (χ0) is 21.1. The molecule has 0 saturated heterocycles. The first-order chi connectivity index (χ1) is 13.1. The number of hydrogen-bond acceptors (Lipinski definition) is 4. The third kappa shape index (κ3) is 4.75. The number of hydrogen-bond donors (Lipinski definition) is 1. The van der Waals surface area contributed by atoms with E-state index in [0.29, 0.717) is 23.5 Å². The second-order valence-electron chi connectivity index (χ2n) is 8.66. The summed E-state index contributed by atoms with van der Waals surface area (Å²) in [5.74, 6) is 0.478. The van der Waals surface area contributed by atoms with Crippen LogP contribution in [-0.4, -0.2) is 18.8 Å². The first-order valence-electron chi connectivity index (χ1n) is 10.0. The van der Waals surface area contributed by atoms with Gasteiger partial charge in [0.15, 0.2) is 5.76 Å². The predicted octanol–water partition coefficient (Wildman–Crippen LogP) is 5.46. The Hall–Kier alpha value is -2.30. The maximum absolute atomic E-state index is 13.1. The van der Waals surface area contributed by atoms with Gasteiger partial charge in [-0.3, -0.25) is 9.59 Å². The predicted molar refractivity (Wildman–Crippen MR) is 112 cm³/mol. The Balaban J connectivity index is 2.54. The van der Waals surface area contributed by atoms with Crippen molar-refractivity contribution in [1.29, 1.82) is 0 Å². The maximum atomic E-state index is 13.1. The molecule has 5 heteroatoms. The van der Waals surface area contributed by atoms with Gasteiger partial charge in [-0.25, -0.2) is 0 Å². The fourth-order valence-corrected chi connectivity index (χ4v) is 3.59. The number of benzene rings is 1. The van der Waals surface area contributed by atoms with Crippen LogP contribution in [0.1, 0.15) is 82.3 Å². The number of fused-ring (bicyclic) bond motifs is 1. The van der Waals surface area contributed by atoms with Gasteiger partial charge in [0.05, 0.1) is 7.11 Å². The molecule has 28 heavy (non-hydrogen) atoms. The molecule has 0 aliphatic carbocycles. The Morgan fingerprint density at radius 3 is 2.46 bits per heavy atom. The summed E-state index contributed by atoms with van der Waals surface area (Å²) < 4.78 is 11.4. The van der Waals surface area contributed by atoms with Crippen LogP contribution in [0, 0.1) is 11.3 Å². The van der Waals surface area contributed by atoms with Gasteiger partial charge in [0.2, 0.25) is 11.7 Å². The number of primary amides is 1. The minimum atomic E-state index is -0.572. The van der Waals surface area contributed by atoms with Gasteiger partial charge in [0, 0.05) is 22.3 Å². The van der Waals surface area contributed by atoms with Crippen molar-refractivity contribution < 1.29 is 18.7 Å². The fraction of sp³-hybridized carbons (Fsp3) is 0.565. The van der Waals surface area contributed by atoms with Crippen molar-refractivity contribution in [1.82, 2.24) is 0 Å². The molecule has 0 radical (unpaired) electrons. The molecule has 2 unspecified atom stereocenters. The highest BCUT2D eigenvalue weighted by Crippen LogP contribution is 2.39. The van der Waals surface area contributed by atoms with Crippen molar-refractivity contribution in [3.63, 3.8) is 0 Å². The first kappa shape index (κ1) is 22.0. The van der Waals surface area contributed by atoms with Gasteiger partial charge in [-0.15, -0.1) is 0 Å². The summed E-state index contributed by atoms with van der Waals surface area (Å²) in [7, 11) is 1.61. The smallest absolute Gasteiger partial charge is 0.220 e. The van der Waals surface area contributed by atoms with Crippen molar-refractivity contribution in [2.45, 2.75) is 66.2 Å². The molecule has 2 atom stereocenters. The molecule has 0 bridgehead atoms. The van der Waals surface area contributed by atoms with E-state index in [1.54, 1.807) is 7.11 Å². The summed E-state index contributed by atoms with van der Waals surface area (Å²) in [5, 5.41) is 0.859. The van der Waals surface area contributed by atoms with E-state index in [-0.39, 0.29) is 23.5 Å². The number of ether oxygens (including phenoxy) is 1. The van der Waals surface area contributed by atoms with E-state index < -0.39 is 5.41 Å². The van der Waals surface area contributed by atoms with Gasteiger partial charge in [0.25, 0.3) is 0 Å². The van der Waals surface area contributed by atoms with Crippen molar-refractivity contribution in [3.05, 3.63) is 29.5 Å². The molecule has 1 heterocycles. The number of nitrogens with two attached hydrogens (primary N) is 1. The zero-order valence-corrected chi connectivity index (χ0v) is 17.9. The average Bonchev–Trinajstić information content (AvgIpc) is 3.01. The molecule has 154 valence electrons. The molecule has 1 aromatic carbocycles. The molecule has 5 nitrogen and oxygen atoms in total. The van der Waals surface area contributed by atoms with Crippen molar-refractivity contribution in [2.75, 3.05) is 7.11 Å². The van der Waals surface area contributed by atoms with E-state index in [0.717, 1.165) is 30.2 Å². The lowest BCUT2D eigenvalue weighted by Crippen LogP contribution is -2.25. The summed E-state index contributed by atoms with van der Waals surface area (Å²) >= 11 is 0. The minimum Gasteiger partial charge on any atom is -0.497 e. The van der Waals surface area contributed by atoms with E-state index in [1.807, 2.05) is 45.9 Å². The van der Waals surface area contributed by atoms with E-state index in [2.05, 4.69) is 6.92 Å². The van der Waals surface area contributed by atoms with E-state index in [4.69, 9.17) is 14.9 Å². The number of unbranched alkanes of at least 4 members (excludes halogenated alkanes) is 1. The van der Waals surface area contributed by atoms with Crippen LogP contribution in [0.3, 0.4) is 0 Å². The van der Waals surface area contributed by atoms with E-state index >= 15 is 0 Å². The Bertz CT molecular complexity index is 844. The average molecular weight is 388 g/mol. The Morgan fingerprint density at radius 1 is 1.25 bits per heavy atom. The van der Waals surface area contributed by atoms with Crippen LogP contribution in [-0.2, 0) is 4.79 Å². The molecule has 2 rings (SSSR count). The maximum Gasteiger partial charge on any atom is 0.220 e. The molecular weight excluding hydrogens is 354 g/mol. The van der Waals surface area contributed by atoms with E-state index in [9.17, 15) is 9.59 Å². The van der Waals surface area contributed by atoms with Crippen LogP contribution in [0.25, 0.3) is 11.0 Å². The van der Waals surface area contributed by atoms with Crippen LogP contribution in [0.5, 0.6) is 5.75 Å². The van der Waals surface area contributed by atoms with Crippen LogP contribution in [0.2, 0.25) is 0 Å². The van der Waals surface area contributed by atoms with Gasteiger partial charge in [-0.05, 0) is 37.0 Å². The van der Waals surface area contributed by atoms with Crippen molar-refractivity contribution in [3.8, 4) is 5.75 Å². The summed E-state index contributed by atoms with van der Waals surface area (Å²) in [4.78, 5) is 25.1. The lowest BCUT2D eigenvalue weighted by Gasteiger charge is -2.21. The van der Waals surface area contributed by atoms with E-state index in [1.165, 1.54) is 0 Å². The number of furan rings is 1. The second-order valence-corrected chi connectivity index (χ2v) is 8.66. The molecule has 2 aromatic rings. The number of ketones is 1. The number of rotatable bonds is 9. The van der Waals surface area contributed by atoms with Crippen molar-refractivity contribution in [2.24, 2.45) is 17.1 Å². The minimum absolute atomic E-state index is 0.0475. The molecular formula is C23H33NO4. The molecule has 0 fully saturated rings. The lowest BCUT2D eigenvalue weighted by atomic mass is 9.82. The van der Waals surface area contributed by atoms with Crippen LogP contribution < -0.4 is 10.5 Å². The molecule has 1 amide bonds. The number of amides is 1. The summed E-state index contributed by atoms with van der Waals surface area (Å²) in [5.41, 5.74) is 6.58. The fourth-order valence-electron chi connectivity index (χ4n) is 3.59. The van der Waals surface area contributed by atoms with Gasteiger partial charge < -0.3 is 14.9 Å². The van der Waals surface area contributed by atoms with Crippen LogP contribution >= 0.6 is 0 Å². The molecule has 1 aromatic heterocycles. The quantitative estimate of drug-likeness (QED) is 0.580. The zero-order valence-electron chi connectivity index (χ0n) is 17.9. The molecule has 2 N–H and O–H groups in total.